The number of aliphatic carboxylic acids is 1. The van der Waals surface area contributed by atoms with Crippen LogP contribution in [0.25, 0.3) is 0 Å². The van der Waals surface area contributed by atoms with Gasteiger partial charge in [0.1, 0.15) is 11.5 Å². The number of anilines is 1. The lowest BCUT2D eigenvalue weighted by atomic mass is 10.1. The van der Waals surface area contributed by atoms with Crippen molar-refractivity contribution >= 4 is 29.5 Å². The maximum absolute atomic E-state index is 13.5. The van der Waals surface area contributed by atoms with E-state index in [0.717, 1.165) is 12.1 Å². The number of amides is 1. The van der Waals surface area contributed by atoms with Crippen molar-refractivity contribution in [2.75, 3.05) is 19.5 Å². The van der Waals surface area contributed by atoms with Crippen LogP contribution >= 0.6 is 0 Å². The lowest BCUT2D eigenvalue weighted by Crippen LogP contribution is -2.48. The van der Waals surface area contributed by atoms with E-state index in [-0.39, 0.29) is 22.6 Å². The molecule has 0 aliphatic heterocycles. The Morgan fingerprint density at radius 1 is 0.750 bits per heavy atom. The van der Waals surface area contributed by atoms with Crippen molar-refractivity contribution in [2.45, 2.75) is 18.4 Å². The van der Waals surface area contributed by atoms with Crippen LogP contribution in [0, 0.1) is 0 Å². The lowest BCUT2D eigenvalue weighted by Gasteiger charge is -2.24. The molecule has 0 radical (unpaired) electrons. The van der Waals surface area contributed by atoms with E-state index >= 15 is 0 Å². The van der Waals surface area contributed by atoms with Crippen molar-refractivity contribution in [3.8, 4) is 11.5 Å². The number of hydrogen-bond acceptors (Lipinski definition) is 8. The summed E-state index contributed by atoms with van der Waals surface area (Å²) in [5, 5.41) is 11.8. The number of ether oxygens (including phenoxy) is 4. The predicted octanol–water partition coefficient (Wildman–Crippen LogP) is 4.20. The molecule has 1 amide bonds. The van der Waals surface area contributed by atoms with Crippen LogP contribution in [-0.2, 0) is 25.2 Å². The van der Waals surface area contributed by atoms with Crippen LogP contribution in [0.4, 0.5) is 18.9 Å². The first-order valence-electron chi connectivity index (χ1n) is 11.3. The van der Waals surface area contributed by atoms with E-state index in [1.54, 1.807) is 0 Å². The molecule has 0 saturated carbocycles. The largest absolute Gasteiger partial charge is 0.497 e. The molecule has 3 aromatic rings. The molecule has 210 valence electrons. The van der Waals surface area contributed by atoms with Gasteiger partial charge in [0.15, 0.2) is 0 Å². The highest BCUT2D eigenvalue weighted by Gasteiger charge is 2.42. The van der Waals surface area contributed by atoms with Crippen LogP contribution in [0.2, 0.25) is 0 Å². The van der Waals surface area contributed by atoms with Gasteiger partial charge in [0, 0.05) is 0 Å². The average Bonchev–Trinajstić information content (AvgIpc) is 2.94. The molecule has 0 aromatic heterocycles. The van der Waals surface area contributed by atoms with Crippen molar-refractivity contribution < 1.29 is 56.4 Å². The zero-order valence-electron chi connectivity index (χ0n) is 20.9. The Balaban J connectivity index is 1.99. The van der Waals surface area contributed by atoms with Crippen molar-refractivity contribution in [1.29, 1.82) is 0 Å². The van der Waals surface area contributed by atoms with Crippen LogP contribution in [0.1, 0.15) is 26.3 Å². The van der Waals surface area contributed by atoms with Crippen molar-refractivity contribution in [2.24, 2.45) is 0 Å². The molecule has 10 nitrogen and oxygen atoms in total. The van der Waals surface area contributed by atoms with Crippen LogP contribution in [0.3, 0.4) is 0 Å². The third kappa shape index (κ3) is 7.28. The number of hydrogen-bond donors (Lipinski definition) is 2. The molecular formula is C27H22F3NO9. The molecule has 0 spiro atoms. The highest BCUT2D eigenvalue weighted by molar-refractivity contribution is 6.02. The van der Waals surface area contributed by atoms with E-state index in [1.165, 1.54) is 68.8 Å². The summed E-state index contributed by atoms with van der Waals surface area (Å²) in [5.74, 6) is -5.46. The Kier molecular flexibility index (Phi) is 9.33. The summed E-state index contributed by atoms with van der Waals surface area (Å²) in [6.07, 6.45) is -9.78. The lowest BCUT2D eigenvalue weighted by molar-refractivity contribution is -0.157. The summed E-state index contributed by atoms with van der Waals surface area (Å²) in [6.45, 7) is 0. The number of rotatable bonds is 10. The third-order valence-corrected chi connectivity index (χ3v) is 5.35. The number of carbonyl (C=O) groups is 4. The average molecular weight is 561 g/mol. The van der Waals surface area contributed by atoms with Gasteiger partial charge in [-0.1, -0.05) is 24.3 Å². The molecule has 2 atom stereocenters. The molecule has 13 heteroatoms. The number of carbonyl (C=O) groups excluding carboxylic acids is 3. The monoisotopic (exact) mass is 561 g/mol. The van der Waals surface area contributed by atoms with Gasteiger partial charge in [-0.2, -0.15) is 13.2 Å². The van der Waals surface area contributed by atoms with Gasteiger partial charge in [0.05, 0.1) is 36.6 Å². The maximum atomic E-state index is 13.5. The SMILES string of the molecule is COc1cccc(C(=O)O[C@H](C(=O)Nc2ccccc2C(F)(F)F)[C@@H](OC(=O)c2cccc(OC)c2)C(=O)O)c1. The highest BCUT2D eigenvalue weighted by atomic mass is 19.4. The van der Waals surface area contributed by atoms with E-state index in [4.69, 9.17) is 18.9 Å². The minimum absolute atomic E-state index is 0.175. The number of carboxylic acids is 1. The van der Waals surface area contributed by atoms with E-state index in [1.807, 2.05) is 5.32 Å². The minimum atomic E-state index is -4.89. The number of methoxy groups -OCH3 is 2. The first-order chi connectivity index (χ1) is 18.9. The van der Waals surface area contributed by atoms with Crippen LogP contribution < -0.4 is 14.8 Å². The molecule has 0 saturated heterocycles. The number of nitrogens with one attached hydrogen (secondary N) is 1. The Morgan fingerprint density at radius 3 is 1.73 bits per heavy atom. The maximum Gasteiger partial charge on any atom is 0.418 e. The molecule has 0 aliphatic carbocycles. The quantitative estimate of drug-likeness (QED) is 0.349. The fraction of sp³-hybridized carbons (Fsp3) is 0.185. The summed E-state index contributed by atoms with van der Waals surface area (Å²) in [4.78, 5) is 51.0. The molecule has 0 aliphatic rings. The second-order valence-electron chi connectivity index (χ2n) is 7.99. The normalized spacial score (nSPS) is 12.4. The van der Waals surface area contributed by atoms with Gasteiger partial charge < -0.3 is 29.4 Å². The summed E-state index contributed by atoms with van der Waals surface area (Å²) >= 11 is 0. The number of halogens is 3. The zero-order chi connectivity index (χ0) is 29.4. The van der Waals surface area contributed by atoms with Gasteiger partial charge in [-0.15, -0.1) is 0 Å². The summed E-state index contributed by atoms with van der Waals surface area (Å²) in [6, 6.07) is 14.6. The molecular weight excluding hydrogens is 539 g/mol. The Bertz CT molecular complexity index is 1410. The van der Waals surface area contributed by atoms with Crippen molar-refractivity contribution in [3.63, 3.8) is 0 Å². The molecule has 0 heterocycles. The van der Waals surface area contributed by atoms with Crippen molar-refractivity contribution in [1.82, 2.24) is 0 Å². The first kappa shape index (κ1) is 29.5. The Labute approximate surface area is 225 Å². The van der Waals surface area contributed by atoms with Crippen molar-refractivity contribution in [3.05, 3.63) is 89.5 Å². The second kappa shape index (κ2) is 12.7. The van der Waals surface area contributed by atoms with E-state index in [0.29, 0.717) is 6.07 Å². The number of alkyl halides is 3. The van der Waals surface area contributed by atoms with Crippen LogP contribution in [-0.4, -0.2) is 55.3 Å². The standard InChI is InChI=1S/C27H22F3NO9/c1-37-17-9-5-7-15(13-17)25(35)39-21(23(32)31-20-12-4-3-11-19(20)27(28,29)30)22(24(33)34)40-26(36)16-8-6-10-18(14-16)38-2/h3-14,21-22H,1-2H3,(H,31,32)(H,33,34)/t21-,22+/m0/s1. The van der Waals surface area contributed by atoms with Gasteiger partial charge in [-0.25, -0.2) is 14.4 Å². The Hall–Kier alpha value is -5.07. The topological polar surface area (TPSA) is 137 Å². The molecule has 3 aromatic carbocycles. The highest BCUT2D eigenvalue weighted by Crippen LogP contribution is 2.34. The van der Waals surface area contributed by atoms with Gasteiger partial charge >= 0.3 is 24.1 Å². The molecule has 0 bridgehead atoms. The van der Waals surface area contributed by atoms with Gasteiger partial charge in [0.25, 0.3) is 5.91 Å². The van der Waals surface area contributed by atoms with Gasteiger partial charge in [-0.3, -0.25) is 4.79 Å². The van der Waals surface area contributed by atoms with E-state index in [2.05, 4.69) is 0 Å². The zero-order valence-corrected chi connectivity index (χ0v) is 20.9. The predicted molar refractivity (Wildman–Crippen MR) is 132 cm³/mol. The molecule has 3 rings (SSSR count). The summed E-state index contributed by atoms with van der Waals surface area (Å²) < 4.78 is 60.6. The third-order valence-electron chi connectivity index (χ3n) is 5.35. The molecule has 40 heavy (non-hydrogen) atoms. The van der Waals surface area contributed by atoms with E-state index < -0.39 is 53.5 Å². The van der Waals surface area contributed by atoms with Crippen LogP contribution in [0.15, 0.2) is 72.8 Å². The fourth-order valence-electron chi connectivity index (χ4n) is 3.40. The molecule has 0 fully saturated rings. The number of benzene rings is 3. The van der Waals surface area contributed by atoms with E-state index in [9.17, 15) is 37.5 Å². The second-order valence-corrected chi connectivity index (χ2v) is 7.99. The molecule has 2 N–H and O–H groups in total. The first-order valence-corrected chi connectivity index (χ1v) is 11.3. The molecule has 0 unspecified atom stereocenters. The summed E-state index contributed by atoms with van der Waals surface area (Å²) in [5.41, 5.74) is -2.35. The fourth-order valence-corrected chi connectivity index (χ4v) is 3.40. The van der Waals surface area contributed by atoms with Crippen LogP contribution in [0.5, 0.6) is 11.5 Å². The number of para-hydroxylation sites is 1. The minimum Gasteiger partial charge on any atom is -0.497 e. The smallest absolute Gasteiger partial charge is 0.418 e. The van der Waals surface area contributed by atoms with Gasteiger partial charge in [0.2, 0.25) is 12.2 Å². The number of esters is 2. The summed E-state index contributed by atoms with van der Waals surface area (Å²) in [7, 11) is 2.64. The van der Waals surface area contributed by atoms with Gasteiger partial charge in [-0.05, 0) is 48.5 Å². The Morgan fingerprint density at radius 2 is 1.25 bits per heavy atom. The number of carboxylic acid groups (broad SMARTS) is 1.